The van der Waals surface area contributed by atoms with E-state index in [1.165, 1.54) is 0 Å². The molecule has 3 N–H and O–H groups in total. The lowest BCUT2D eigenvalue weighted by Crippen LogP contribution is -2.28. The summed E-state index contributed by atoms with van der Waals surface area (Å²) in [5.41, 5.74) is 6.37. The van der Waals surface area contributed by atoms with E-state index in [2.05, 4.69) is 17.5 Å². The van der Waals surface area contributed by atoms with Crippen molar-refractivity contribution in [2.75, 3.05) is 0 Å². The van der Waals surface area contributed by atoms with Crippen molar-refractivity contribution in [2.45, 2.75) is 6.54 Å². The van der Waals surface area contributed by atoms with E-state index < -0.39 is 0 Å². The second kappa shape index (κ2) is 8.47. The SMILES string of the molecule is Br.Br.NC(=S)NCc1ccc(Cl)cc1. The van der Waals surface area contributed by atoms with Gasteiger partial charge in [-0.2, -0.15) is 0 Å². The molecule has 1 rings (SSSR count). The third-order valence-corrected chi connectivity index (χ3v) is 1.78. The largest absolute Gasteiger partial charge is 0.376 e. The van der Waals surface area contributed by atoms with Gasteiger partial charge in [0.15, 0.2) is 5.11 Å². The second-order valence-corrected chi connectivity index (χ2v) is 3.22. The molecule has 0 aliphatic rings. The van der Waals surface area contributed by atoms with Crippen molar-refractivity contribution in [3.05, 3.63) is 34.9 Å². The van der Waals surface area contributed by atoms with Crippen molar-refractivity contribution in [1.29, 1.82) is 0 Å². The highest BCUT2D eigenvalue weighted by atomic mass is 79.9. The zero-order valence-corrected chi connectivity index (χ0v) is 12.2. The van der Waals surface area contributed by atoms with Gasteiger partial charge in [-0.05, 0) is 29.9 Å². The van der Waals surface area contributed by atoms with Crippen molar-refractivity contribution >= 4 is 62.9 Å². The van der Waals surface area contributed by atoms with E-state index in [-0.39, 0.29) is 34.0 Å². The Morgan fingerprint density at radius 3 is 2.21 bits per heavy atom. The molecule has 1 aromatic carbocycles. The normalized spacial score (nSPS) is 8.07. The van der Waals surface area contributed by atoms with Crippen molar-refractivity contribution in [3.8, 4) is 0 Å². The smallest absolute Gasteiger partial charge is 0.163 e. The summed E-state index contributed by atoms with van der Waals surface area (Å²) in [7, 11) is 0. The van der Waals surface area contributed by atoms with Crippen LogP contribution in [0.25, 0.3) is 0 Å². The van der Waals surface area contributed by atoms with Gasteiger partial charge in [-0.3, -0.25) is 0 Å². The Kier molecular flexibility index (Phi) is 10.0. The summed E-state index contributed by atoms with van der Waals surface area (Å²) in [5, 5.41) is 3.89. The molecule has 0 saturated carbocycles. The number of nitrogens with one attached hydrogen (secondary N) is 1. The molecular weight excluding hydrogens is 351 g/mol. The first-order chi connectivity index (χ1) is 5.68. The Bertz CT molecular complexity index is 279. The zero-order valence-electron chi connectivity index (χ0n) is 7.20. The van der Waals surface area contributed by atoms with Crippen LogP contribution >= 0.6 is 57.8 Å². The molecule has 1 aromatic rings. The van der Waals surface area contributed by atoms with E-state index in [0.29, 0.717) is 11.7 Å². The summed E-state index contributed by atoms with van der Waals surface area (Å²) in [6, 6.07) is 7.51. The molecule has 0 aliphatic heterocycles. The third-order valence-electron chi connectivity index (χ3n) is 1.38. The quantitative estimate of drug-likeness (QED) is 0.795. The molecule has 0 aliphatic carbocycles. The number of rotatable bonds is 2. The number of nitrogens with two attached hydrogens (primary N) is 1. The van der Waals surface area contributed by atoms with Crippen LogP contribution in [0.4, 0.5) is 0 Å². The topological polar surface area (TPSA) is 38.0 Å². The summed E-state index contributed by atoms with van der Waals surface area (Å²) in [5.74, 6) is 0. The van der Waals surface area contributed by atoms with Gasteiger partial charge in [0, 0.05) is 11.6 Å². The average molecular weight is 363 g/mol. The van der Waals surface area contributed by atoms with Crippen LogP contribution in [0.1, 0.15) is 5.56 Å². The Morgan fingerprint density at radius 1 is 1.29 bits per heavy atom. The minimum atomic E-state index is 0. The van der Waals surface area contributed by atoms with E-state index in [0.717, 1.165) is 10.6 Å². The standard InChI is InChI=1S/C8H9ClN2S.2BrH/c9-7-3-1-6(2-4-7)5-11-8(10)12;;/h1-4H,5H2,(H3,10,11,12);2*1H. The van der Waals surface area contributed by atoms with Gasteiger partial charge in [-0.15, -0.1) is 34.0 Å². The van der Waals surface area contributed by atoms with E-state index in [1.807, 2.05) is 24.3 Å². The summed E-state index contributed by atoms with van der Waals surface area (Å²) in [6.07, 6.45) is 0. The maximum Gasteiger partial charge on any atom is 0.163 e. The first-order valence-corrected chi connectivity index (χ1v) is 4.25. The Labute approximate surface area is 115 Å². The molecule has 0 aromatic heterocycles. The molecule has 0 heterocycles. The van der Waals surface area contributed by atoms with Gasteiger partial charge in [-0.25, -0.2) is 0 Å². The van der Waals surface area contributed by atoms with Crippen LogP contribution < -0.4 is 11.1 Å². The predicted molar refractivity (Wildman–Crippen MR) is 75.7 cm³/mol. The van der Waals surface area contributed by atoms with Crippen molar-refractivity contribution in [2.24, 2.45) is 5.73 Å². The number of thiocarbonyl (C=S) groups is 1. The minimum absolute atomic E-state index is 0. The van der Waals surface area contributed by atoms with E-state index >= 15 is 0 Å². The number of benzene rings is 1. The van der Waals surface area contributed by atoms with Crippen LogP contribution in [-0.2, 0) is 6.54 Å². The Morgan fingerprint density at radius 2 is 1.79 bits per heavy atom. The molecule has 80 valence electrons. The lowest BCUT2D eigenvalue weighted by atomic mass is 10.2. The van der Waals surface area contributed by atoms with Crippen LogP contribution in [0, 0.1) is 0 Å². The molecule has 0 spiro atoms. The molecule has 14 heavy (non-hydrogen) atoms. The highest BCUT2D eigenvalue weighted by molar-refractivity contribution is 8.93. The van der Waals surface area contributed by atoms with Gasteiger partial charge in [0.1, 0.15) is 0 Å². The van der Waals surface area contributed by atoms with E-state index in [9.17, 15) is 0 Å². The van der Waals surface area contributed by atoms with Crippen LogP contribution in [0.15, 0.2) is 24.3 Å². The summed E-state index contributed by atoms with van der Waals surface area (Å²) in [6.45, 7) is 0.645. The summed E-state index contributed by atoms with van der Waals surface area (Å²) >= 11 is 10.4. The number of hydrogen-bond acceptors (Lipinski definition) is 1. The van der Waals surface area contributed by atoms with Gasteiger partial charge >= 0.3 is 0 Å². The van der Waals surface area contributed by atoms with E-state index in [4.69, 9.17) is 17.3 Å². The highest BCUT2D eigenvalue weighted by Gasteiger charge is 1.92. The molecular formula is C8H11Br2ClN2S. The van der Waals surface area contributed by atoms with Gasteiger partial charge in [0.2, 0.25) is 0 Å². The van der Waals surface area contributed by atoms with Crippen LogP contribution in [-0.4, -0.2) is 5.11 Å². The summed E-state index contributed by atoms with van der Waals surface area (Å²) in [4.78, 5) is 0. The van der Waals surface area contributed by atoms with E-state index in [1.54, 1.807) is 0 Å². The predicted octanol–water partition coefficient (Wildman–Crippen LogP) is 2.83. The number of halogens is 3. The fraction of sp³-hybridized carbons (Fsp3) is 0.125. The minimum Gasteiger partial charge on any atom is -0.376 e. The van der Waals surface area contributed by atoms with Crippen molar-refractivity contribution in [3.63, 3.8) is 0 Å². The van der Waals surface area contributed by atoms with Gasteiger partial charge in [-0.1, -0.05) is 23.7 Å². The first-order valence-electron chi connectivity index (χ1n) is 3.46. The molecule has 2 nitrogen and oxygen atoms in total. The lowest BCUT2D eigenvalue weighted by Gasteiger charge is -2.02. The molecule has 6 heteroatoms. The molecule has 0 fully saturated rings. The monoisotopic (exact) mass is 360 g/mol. The van der Waals surface area contributed by atoms with Crippen LogP contribution in [0.2, 0.25) is 5.02 Å². The Hall–Kier alpha value is 0.160. The summed E-state index contributed by atoms with van der Waals surface area (Å²) < 4.78 is 0. The van der Waals surface area contributed by atoms with Crippen LogP contribution in [0.3, 0.4) is 0 Å². The molecule has 0 saturated heterocycles. The molecule has 0 atom stereocenters. The average Bonchev–Trinajstić information content (AvgIpc) is 2.03. The molecule has 0 unspecified atom stereocenters. The van der Waals surface area contributed by atoms with Crippen LogP contribution in [0.5, 0.6) is 0 Å². The molecule has 0 radical (unpaired) electrons. The lowest BCUT2D eigenvalue weighted by molar-refractivity contribution is 0.920. The van der Waals surface area contributed by atoms with Gasteiger partial charge in [0.05, 0.1) is 0 Å². The third kappa shape index (κ3) is 6.59. The molecule has 0 amide bonds. The fourth-order valence-corrected chi connectivity index (χ4v) is 0.990. The number of hydrogen-bond donors (Lipinski definition) is 2. The second-order valence-electron chi connectivity index (χ2n) is 2.34. The van der Waals surface area contributed by atoms with Gasteiger partial charge in [0.25, 0.3) is 0 Å². The maximum absolute atomic E-state index is 5.70. The van der Waals surface area contributed by atoms with Gasteiger partial charge < -0.3 is 11.1 Å². The maximum atomic E-state index is 5.70. The highest BCUT2D eigenvalue weighted by Crippen LogP contribution is 2.08. The van der Waals surface area contributed by atoms with Crippen molar-refractivity contribution < 1.29 is 0 Å². The molecule has 0 bridgehead atoms. The van der Waals surface area contributed by atoms with Crippen molar-refractivity contribution in [1.82, 2.24) is 5.32 Å². The first kappa shape index (κ1) is 16.6. The Balaban J connectivity index is 0. The zero-order chi connectivity index (χ0) is 8.97. The fourth-order valence-electron chi connectivity index (χ4n) is 0.791.